The Morgan fingerprint density at radius 3 is 2.36 bits per heavy atom. The molecular formula is C17H18FNO3. The van der Waals surface area contributed by atoms with E-state index in [0.717, 1.165) is 0 Å². The highest BCUT2D eigenvalue weighted by atomic mass is 19.1. The lowest BCUT2D eigenvalue weighted by Gasteiger charge is -2.25. The number of carbonyl (C=O) groups excluding carboxylic acids is 1. The Bertz CT molecular complexity index is 618. The van der Waals surface area contributed by atoms with Crippen LogP contribution in [0.2, 0.25) is 0 Å². The van der Waals surface area contributed by atoms with Gasteiger partial charge in [-0.05, 0) is 23.6 Å². The molecule has 0 aliphatic heterocycles. The number of primary amides is 1. The molecule has 2 aromatic carbocycles. The summed E-state index contributed by atoms with van der Waals surface area (Å²) in [7, 11) is 0. The quantitative estimate of drug-likeness (QED) is 0.862. The highest BCUT2D eigenvalue weighted by Crippen LogP contribution is 2.29. The lowest BCUT2D eigenvalue weighted by atomic mass is 9.90. The van der Waals surface area contributed by atoms with Crippen molar-refractivity contribution >= 4 is 6.09 Å². The fourth-order valence-electron chi connectivity index (χ4n) is 2.42. The fourth-order valence-corrected chi connectivity index (χ4v) is 2.42. The molecule has 0 saturated heterocycles. The van der Waals surface area contributed by atoms with E-state index in [0.29, 0.717) is 11.1 Å². The van der Waals surface area contributed by atoms with Gasteiger partial charge in [-0.3, -0.25) is 0 Å². The van der Waals surface area contributed by atoms with E-state index in [1.165, 1.54) is 6.07 Å². The molecular weight excluding hydrogens is 285 g/mol. The highest BCUT2D eigenvalue weighted by molar-refractivity contribution is 5.65. The maximum atomic E-state index is 13.8. The first kappa shape index (κ1) is 16.0. The Hall–Kier alpha value is -2.40. The molecule has 0 fully saturated rings. The smallest absolute Gasteiger partial charge is 0.405 e. The Morgan fingerprint density at radius 1 is 1.14 bits per heavy atom. The second kappa shape index (κ2) is 7.56. The molecule has 0 bridgehead atoms. The van der Waals surface area contributed by atoms with Crippen molar-refractivity contribution in [2.45, 2.75) is 12.5 Å². The van der Waals surface area contributed by atoms with E-state index >= 15 is 0 Å². The maximum absolute atomic E-state index is 13.8. The van der Waals surface area contributed by atoms with Gasteiger partial charge in [0.1, 0.15) is 11.9 Å². The van der Waals surface area contributed by atoms with Gasteiger partial charge in [0.2, 0.25) is 0 Å². The molecule has 1 amide bonds. The Kier molecular flexibility index (Phi) is 5.49. The van der Waals surface area contributed by atoms with Crippen molar-refractivity contribution in [3.8, 4) is 0 Å². The van der Waals surface area contributed by atoms with Crippen LogP contribution in [0.25, 0.3) is 0 Å². The zero-order valence-electron chi connectivity index (χ0n) is 12.0. The van der Waals surface area contributed by atoms with Crippen LogP contribution in [0, 0.1) is 11.7 Å². The fraction of sp³-hybridized carbons (Fsp3) is 0.235. The number of aliphatic hydroxyl groups excluding tert-OH is 1. The summed E-state index contributed by atoms with van der Waals surface area (Å²) in [6.45, 7) is -0.263. The molecule has 2 aromatic rings. The van der Waals surface area contributed by atoms with Gasteiger partial charge >= 0.3 is 6.09 Å². The number of carbonyl (C=O) groups is 1. The first-order valence-corrected chi connectivity index (χ1v) is 6.97. The SMILES string of the molecule is NC(=O)OC(c1ccccc1)[C@@H](CO)Cc1ccccc1F. The topological polar surface area (TPSA) is 72.6 Å². The van der Waals surface area contributed by atoms with Crippen molar-refractivity contribution < 1.29 is 19.0 Å². The third-order valence-corrected chi connectivity index (χ3v) is 3.47. The minimum atomic E-state index is -0.930. The number of hydrogen-bond donors (Lipinski definition) is 2. The van der Waals surface area contributed by atoms with Crippen LogP contribution < -0.4 is 5.73 Å². The standard InChI is InChI=1S/C17H18FNO3/c18-15-9-5-4-8-13(15)10-14(11-20)16(22-17(19)21)12-6-2-1-3-7-12/h1-9,14,16,20H,10-11H2,(H2,19,21)/t14-,16?/m1/s1. The summed E-state index contributed by atoms with van der Waals surface area (Å²) < 4.78 is 19.0. The molecule has 0 aliphatic carbocycles. The van der Waals surface area contributed by atoms with Crippen LogP contribution in [-0.4, -0.2) is 17.8 Å². The molecule has 0 aromatic heterocycles. The predicted molar refractivity (Wildman–Crippen MR) is 80.5 cm³/mol. The number of benzene rings is 2. The summed E-state index contributed by atoms with van der Waals surface area (Å²) in [5, 5.41) is 9.67. The Morgan fingerprint density at radius 2 is 1.77 bits per heavy atom. The zero-order valence-corrected chi connectivity index (χ0v) is 12.0. The van der Waals surface area contributed by atoms with Gasteiger partial charge in [0.15, 0.2) is 0 Å². The minimum Gasteiger partial charge on any atom is -0.441 e. The molecule has 1 unspecified atom stereocenters. The highest BCUT2D eigenvalue weighted by Gasteiger charge is 2.27. The summed E-state index contributed by atoms with van der Waals surface area (Å²) in [6, 6.07) is 15.3. The molecule has 2 atom stereocenters. The number of nitrogens with two attached hydrogens (primary N) is 1. The summed E-state index contributed by atoms with van der Waals surface area (Å²) >= 11 is 0. The predicted octanol–water partition coefficient (Wildman–Crippen LogP) is 2.81. The van der Waals surface area contributed by atoms with E-state index < -0.39 is 18.1 Å². The van der Waals surface area contributed by atoms with Crippen molar-refractivity contribution in [2.75, 3.05) is 6.61 Å². The van der Waals surface area contributed by atoms with Crippen LogP contribution in [0.3, 0.4) is 0 Å². The first-order chi connectivity index (χ1) is 10.6. The van der Waals surface area contributed by atoms with Crippen LogP contribution in [0.5, 0.6) is 0 Å². The number of hydrogen-bond acceptors (Lipinski definition) is 3. The number of aliphatic hydroxyl groups is 1. The molecule has 3 N–H and O–H groups in total. The summed E-state index contributed by atoms with van der Waals surface area (Å²) in [4.78, 5) is 11.2. The Balaban J connectivity index is 2.27. The number of rotatable bonds is 6. The van der Waals surface area contributed by atoms with E-state index in [-0.39, 0.29) is 18.8 Å². The van der Waals surface area contributed by atoms with Crippen molar-refractivity contribution in [3.63, 3.8) is 0 Å². The van der Waals surface area contributed by atoms with Crippen LogP contribution in [0.15, 0.2) is 54.6 Å². The van der Waals surface area contributed by atoms with Crippen molar-refractivity contribution in [3.05, 3.63) is 71.5 Å². The lowest BCUT2D eigenvalue weighted by molar-refractivity contribution is 0.0426. The first-order valence-electron chi connectivity index (χ1n) is 6.97. The van der Waals surface area contributed by atoms with Gasteiger partial charge in [0, 0.05) is 5.92 Å². The van der Waals surface area contributed by atoms with Gasteiger partial charge in [-0.15, -0.1) is 0 Å². The Labute approximate surface area is 128 Å². The van der Waals surface area contributed by atoms with Crippen LogP contribution in [0.1, 0.15) is 17.2 Å². The minimum absolute atomic E-state index is 0.232. The normalized spacial score (nSPS) is 13.4. The van der Waals surface area contributed by atoms with E-state index in [4.69, 9.17) is 10.5 Å². The van der Waals surface area contributed by atoms with E-state index in [1.807, 2.05) is 6.07 Å². The third kappa shape index (κ3) is 4.05. The average Bonchev–Trinajstić information content (AvgIpc) is 2.53. The number of ether oxygens (including phenoxy) is 1. The van der Waals surface area contributed by atoms with Gasteiger partial charge in [-0.1, -0.05) is 48.5 Å². The van der Waals surface area contributed by atoms with Gasteiger partial charge in [-0.25, -0.2) is 9.18 Å². The molecule has 22 heavy (non-hydrogen) atoms. The summed E-state index contributed by atoms with van der Waals surface area (Å²) in [6.07, 6.45) is -1.43. The van der Waals surface area contributed by atoms with Crippen molar-refractivity contribution in [1.82, 2.24) is 0 Å². The molecule has 2 rings (SSSR count). The molecule has 0 saturated carbocycles. The van der Waals surface area contributed by atoms with Gasteiger partial charge < -0.3 is 15.6 Å². The van der Waals surface area contributed by atoms with Gasteiger partial charge in [0.05, 0.1) is 6.61 Å². The van der Waals surface area contributed by atoms with E-state index in [2.05, 4.69) is 0 Å². The molecule has 0 spiro atoms. The zero-order chi connectivity index (χ0) is 15.9. The average molecular weight is 303 g/mol. The van der Waals surface area contributed by atoms with Crippen molar-refractivity contribution in [1.29, 1.82) is 0 Å². The van der Waals surface area contributed by atoms with Gasteiger partial charge in [0.25, 0.3) is 0 Å². The molecule has 5 heteroatoms. The lowest BCUT2D eigenvalue weighted by Crippen LogP contribution is -2.27. The second-order valence-electron chi connectivity index (χ2n) is 5.01. The van der Waals surface area contributed by atoms with Gasteiger partial charge in [-0.2, -0.15) is 0 Å². The molecule has 0 heterocycles. The molecule has 116 valence electrons. The molecule has 0 radical (unpaired) electrons. The summed E-state index contributed by atoms with van der Waals surface area (Å²) in [5.41, 5.74) is 6.29. The van der Waals surface area contributed by atoms with Crippen LogP contribution in [-0.2, 0) is 11.2 Å². The van der Waals surface area contributed by atoms with E-state index in [1.54, 1.807) is 42.5 Å². The van der Waals surface area contributed by atoms with Crippen LogP contribution >= 0.6 is 0 Å². The number of amides is 1. The molecule has 0 aliphatic rings. The second-order valence-corrected chi connectivity index (χ2v) is 5.01. The monoisotopic (exact) mass is 303 g/mol. The number of halogens is 1. The van der Waals surface area contributed by atoms with E-state index in [9.17, 15) is 14.3 Å². The largest absolute Gasteiger partial charge is 0.441 e. The van der Waals surface area contributed by atoms with Crippen LogP contribution in [0.4, 0.5) is 9.18 Å². The third-order valence-electron chi connectivity index (χ3n) is 3.47. The molecule has 4 nitrogen and oxygen atoms in total. The summed E-state index contributed by atoms with van der Waals surface area (Å²) in [5.74, 6) is -0.848. The van der Waals surface area contributed by atoms with Crippen molar-refractivity contribution in [2.24, 2.45) is 11.7 Å². The maximum Gasteiger partial charge on any atom is 0.405 e.